The van der Waals surface area contributed by atoms with Crippen LogP contribution in [-0.4, -0.2) is 139 Å². The third-order valence-corrected chi connectivity index (χ3v) is 15.2. The van der Waals surface area contributed by atoms with Gasteiger partial charge in [-0.3, -0.25) is 29.4 Å². The zero-order chi connectivity index (χ0) is 46.2. The molecular formula is C49H65F2N11O4. The number of nitrogens with one attached hydrogen (secondary N) is 3. The van der Waals surface area contributed by atoms with E-state index in [1.54, 1.807) is 16.1 Å². The SMILES string of the molecule is CN(CC[C@@H]1CCN(CCCNc2cccc3c2CN(C2CCC(=O)NC2=O)C3=O)C1)c1cc(N2CCC3(CC2)CN(c2cc(F)c(CN4CCC(C)(C)CC4)cc2F)CC(=O)N3)ncn1. The number of carbonyl (C=O) groups is 4. The van der Waals surface area contributed by atoms with Gasteiger partial charge in [0.05, 0.1) is 17.8 Å². The lowest BCUT2D eigenvalue weighted by molar-refractivity contribution is -0.137. The maximum Gasteiger partial charge on any atom is 0.255 e. The first-order chi connectivity index (χ1) is 31.7. The maximum atomic E-state index is 15.7. The molecule has 9 rings (SSSR count). The van der Waals surface area contributed by atoms with Crippen molar-refractivity contribution in [2.24, 2.45) is 11.3 Å². The average molecular weight is 910 g/mol. The summed E-state index contributed by atoms with van der Waals surface area (Å²) in [7, 11) is 2.07. The minimum absolute atomic E-state index is 0.0153. The van der Waals surface area contributed by atoms with Crippen LogP contribution in [0.2, 0.25) is 0 Å². The number of fused-ring (bicyclic) bond motifs is 1. The van der Waals surface area contributed by atoms with E-state index in [0.717, 1.165) is 101 Å². The molecule has 0 bridgehead atoms. The number of anilines is 4. The summed E-state index contributed by atoms with van der Waals surface area (Å²) in [4.78, 5) is 72.2. The van der Waals surface area contributed by atoms with Crippen molar-refractivity contribution in [2.45, 2.75) is 96.3 Å². The molecule has 0 saturated carbocycles. The van der Waals surface area contributed by atoms with Gasteiger partial charge in [-0.1, -0.05) is 19.9 Å². The molecular weight excluding hydrogens is 845 g/mol. The lowest BCUT2D eigenvalue weighted by atomic mass is 9.82. The van der Waals surface area contributed by atoms with Gasteiger partial charge < -0.3 is 35.1 Å². The number of amides is 4. The molecule has 1 aromatic heterocycles. The van der Waals surface area contributed by atoms with Gasteiger partial charge in [-0.05, 0) is 107 Å². The summed E-state index contributed by atoms with van der Waals surface area (Å²) in [5.41, 5.74) is 2.65. The molecule has 3 N–H and O–H groups in total. The van der Waals surface area contributed by atoms with Gasteiger partial charge in [0, 0.05) is 100 Å². The van der Waals surface area contributed by atoms with Gasteiger partial charge in [0.1, 0.15) is 35.6 Å². The van der Waals surface area contributed by atoms with Crippen molar-refractivity contribution in [3.05, 3.63) is 71.1 Å². The molecule has 6 aliphatic heterocycles. The van der Waals surface area contributed by atoms with Gasteiger partial charge in [-0.25, -0.2) is 18.7 Å². The van der Waals surface area contributed by atoms with Crippen molar-refractivity contribution in [1.29, 1.82) is 0 Å². The van der Waals surface area contributed by atoms with Crippen LogP contribution in [0.5, 0.6) is 0 Å². The van der Waals surface area contributed by atoms with E-state index in [9.17, 15) is 19.2 Å². The van der Waals surface area contributed by atoms with Crippen LogP contribution in [0.4, 0.5) is 31.8 Å². The van der Waals surface area contributed by atoms with Gasteiger partial charge in [0.2, 0.25) is 17.7 Å². The number of aromatic nitrogens is 2. The Bertz CT molecular complexity index is 2310. The number of benzene rings is 2. The smallest absolute Gasteiger partial charge is 0.255 e. The molecule has 0 radical (unpaired) electrons. The summed E-state index contributed by atoms with van der Waals surface area (Å²) in [6.45, 7) is 13.4. The summed E-state index contributed by atoms with van der Waals surface area (Å²) in [6, 6.07) is 9.69. The summed E-state index contributed by atoms with van der Waals surface area (Å²) >= 11 is 0. The minimum atomic E-state index is -0.629. The first-order valence-corrected chi connectivity index (χ1v) is 24.0. The number of rotatable bonds is 14. The molecule has 6 aliphatic rings. The number of piperazine rings is 1. The molecule has 1 spiro atoms. The second-order valence-corrected chi connectivity index (χ2v) is 20.4. The number of hydrogen-bond donors (Lipinski definition) is 3. The Morgan fingerprint density at radius 2 is 1.68 bits per heavy atom. The van der Waals surface area contributed by atoms with E-state index in [1.807, 2.05) is 24.3 Å². The van der Waals surface area contributed by atoms with Crippen LogP contribution in [0.1, 0.15) is 93.1 Å². The molecule has 5 saturated heterocycles. The van der Waals surface area contributed by atoms with Crippen molar-refractivity contribution in [3.63, 3.8) is 0 Å². The zero-order valence-electron chi connectivity index (χ0n) is 38.7. The van der Waals surface area contributed by atoms with E-state index in [4.69, 9.17) is 0 Å². The fraction of sp³-hybridized carbons (Fsp3) is 0.592. The summed E-state index contributed by atoms with van der Waals surface area (Å²) in [6.07, 6.45) is 8.69. The Kier molecular flexibility index (Phi) is 13.2. The molecule has 15 nitrogen and oxygen atoms in total. The average Bonchev–Trinajstić information content (AvgIpc) is 3.90. The predicted octanol–water partition coefficient (Wildman–Crippen LogP) is 4.76. The fourth-order valence-corrected chi connectivity index (χ4v) is 10.9. The Morgan fingerprint density at radius 3 is 2.47 bits per heavy atom. The summed E-state index contributed by atoms with van der Waals surface area (Å²) in [5, 5.41) is 9.14. The molecule has 66 heavy (non-hydrogen) atoms. The molecule has 2 atom stereocenters. The quantitative estimate of drug-likeness (QED) is 0.151. The van der Waals surface area contributed by atoms with Crippen molar-refractivity contribution in [2.75, 3.05) is 99.1 Å². The third kappa shape index (κ3) is 10.1. The van der Waals surface area contributed by atoms with Gasteiger partial charge in [0.15, 0.2) is 0 Å². The lowest BCUT2D eigenvalue weighted by Crippen LogP contribution is -2.66. The third-order valence-electron chi connectivity index (χ3n) is 15.2. The topological polar surface area (TPSA) is 150 Å². The molecule has 1 unspecified atom stereocenters. The number of hydrogen-bond acceptors (Lipinski definition) is 12. The monoisotopic (exact) mass is 910 g/mol. The van der Waals surface area contributed by atoms with Crippen molar-refractivity contribution >= 4 is 46.6 Å². The van der Waals surface area contributed by atoms with E-state index >= 15 is 8.78 Å². The van der Waals surface area contributed by atoms with Crippen molar-refractivity contribution in [3.8, 4) is 0 Å². The zero-order valence-corrected chi connectivity index (χ0v) is 38.7. The molecule has 0 aliphatic carbocycles. The second-order valence-electron chi connectivity index (χ2n) is 20.4. The number of imide groups is 1. The predicted molar refractivity (Wildman–Crippen MR) is 249 cm³/mol. The van der Waals surface area contributed by atoms with Gasteiger partial charge in [-0.15, -0.1) is 0 Å². The van der Waals surface area contributed by atoms with E-state index in [0.29, 0.717) is 69.0 Å². The van der Waals surface area contributed by atoms with E-state index in [2.05, 4.69) is 66.4 Å². The van der Waals surface area contributed by atoms with Crippen LogP contribution in [-0.2, 0) is 27.5 Å². The number of carbonyl (C=O) groups excluding carboxylic acids is 4. The standard InChI is InChI=1S/C49H65F2N11O4/c1-48(2)12-20-59(21-13-48)28-34-24-38(51)41(25-37(34)50)61-30-45(64)56-49(31-61)14-22-60(23-15-49)43-26-42(53-32-54-43)57(3)18-10-33-11-19-58(27-33)17-5-16-52-39-7-4-6-35-36(39)29-62(47(35)66)40-8-9-44(63)55-46(40)65/h4,6-7,24-26,32-33,40,52H,5,8-23,27-31H2,1-3H3,(H,56,64)(H,55,63,65)/t33-,40?/m1/s1. The van der Waals surface area contributed by atoms with Gasteiger partial charge in [0.25, 0.3) is 5.91 Å². The van der Waals surface area contributed by atoms with E-state index in [1.165, 1.54) is 12.1 Å². The first kappa shape index (κ1) is 45.7. The highest BCUT2D eigenvalue weighted by atomic mass is 19.1. The van der Waals surface area contributed by atoms with Crippen molar-refractivity contribution in [1.82, 2.24) is 35.3 Å². The summed E-state index contributed by atoms with van der Waals surface area (Å²) in [5.74, 6) is 0.314. The van der Waals surface area contributed by atoms with Crippen LogP contribution in [0.15, 0.2) is 42.7 Å². The number of piperidine rings is 3. The molecule has 7 heterocycles. The first-order valence-electron chi connectivity index (χ1n) is 24.0. The van der Waals surface area contributed by atoms with Crippen molar-refractivity contribution < 1.29 is 28.0 Å². The van der Waals surface area contributed by atoms with Gasteiger partial charge in [-0.2, -0.15) is 0 Å². The maximum absolute atomic E-state index is 15.7. The molecule has 5 fully saturated rings. The van der Waals surface area contributed by atoms with E-state index in [-0.39, 0.29) is 41.8 Å². The Hall–Kier alpha value is -5.42. The van der Waals surface area contributed by atoms with Crippen LogP contribution < -0.4 is 30.7 Å². The highest BCUT2D eigenvalue weighted by molar-refractivity contribution is 6.06. The van der Waals surface area contributed by atoms with Crippen LogP contribution in [0, 0.1) is 23.0 Å². The molecule has 17 heteroatoms. The number of halogens is 2. The highest BCUT2D eigenvalue weighted by Crippen LogP contribution is 2.36. The largest absolute Gasteiger partial charge is 0.385 e. The van der Waals surface area contributed by atoms with E-state index < -0.39 is 29.1 Å². The van der Waals surface area contributed by atoms with Gasteiger partial charge >= 0.3 is 0 Å². The lowest BCUT2D eigenvalue weighted by Gasteiger charge is -2.48. The molecule has 2 aromatic carbocycles. The Labute approximate surface area is 386 Å². The number of nitrogens with zero attached hydrogens (tertiary/aromatic N) is 8. The van der Waals surface area contributed by atoms with Crippen LogP contribution in [0.25, 0.3) is 0 Å². The molecule has 4 amide bonds. The number of likely N-dealkylation sites (tertiary alicyclic amines) is 2. The summed E-state index contributed by atoms with van der Waals surface area (Å²) < 4.78 is 31.2. The second kappa shape index (κ2) is 19.1. The Balaban J connectivity index is 0.712. The Morgan fingerprint density at radius 1 is 0.879 bits per heavy atom. The minimum Gasteiger partial charge on any atom is -0.385 e. The normalized spacial score (nSPS) is 23.3. The fourth-order valence-electron chi connectivity index (χ4n) is 10.9. The molecule has 354 valence electrons. The molecule has 3 aromatic rings. The highest BCUT2D eigenvalue weighted by Gasteiger charge is 2.43. The van der Waals surface area contributed by atoms with Crippen LogP contribution >= 0.6 is 0 Å². The van der Waals surface area contributed by atoms with Crippen LogP contribution in [0.3, 0.4) is 0 Å².